The van der Waals surface area contributed by atoms with Crippen molar-refractivity contribution in [1.29, 1.82) is 0 Å². The Bertz CT molecular complexity index is 2370. The lowest BCUT2D eigenvalue weighted by atomic mass is 9.91. The Kier molecular flexibility index (Phi) is 9.47. The van der Waals surface area contributed by atoms with Crippen LogP contribution < -0.4 is 19.1 Å². The maximum atomic E-state index is 17.6. The van der Waals surface area contributed by atoms with Gasteiger partial charge in [0.15, 0.2) is 5.82 Å². The van der Waals surface area contributed by atoms with Crippen molar-refractivity contribution < 1.29 is 35.6 Å². The van der Waals surface area contributed by atoms with E-state index in [0.29, 0.717) is 98.7 Å². The van der Waals surface area contributed by atoms with Gasteiger partial charge in [0.2, 0.25) is 0 Å². The lowest BCUT2D eigenvalue weighted by Gasteiger charge is -2.41. The molecule has 304 valence electrons. The third-order valence-electron chi connectivity index (χ3n) is 12.7. The number of alkyl halides is 1. The quantitative estimate of drug-likeness (QED) is 0.230. The number of fused-ring (bicyclic) bond motifs is 7. The number of ether oxygens (including phenoxy) is 2. The first-order valence-electron chi connectivity index (χ1n) is 20.1. The first kappa shape index (κ1) is 38.1. The van der Waals surface area contributed by atoms with Gasteiger partial charge in [-0.15, -0.1) is 0 Å². The Morgan fingerprint density at radius 2 is 1.86 bits per heavy atom. The van der Waals surface area contributed by atoms with E-state index in [0.717, 1.165) is 24.9 Å². The van der Waals surface area contributed by atoms with Crippen LogP contribution in [-0.2, 0) is 21.5 Å². The molecule has 0 saturated carbocycles. The summed E-state index contributed by atoms with van der Waals surface area (Å²) in [6, 6.07) is 8.72. The summed E-state index contributed by atoms with van der Waals surface area (Å²) in [5.74, 6) is -0.313. The van der Waals surface area contributed by atoms with E-state index in [2.05, 4.69) is 15.2 Å². The summed E-state index contributed by atoms with van der Waals surface area (Å²) in [6.45, 7) is 8.39. The number of pyridine rings is 1. The second-order valence-corrected chi connectivity index (χ2v) is 18.8. The molecular formula is C41H49F2N7O6S. The lowest BCUT2D eigenvalue weighted by Crippen LogP contribution is -2.57. The molecule has 4 aromatic rings. The molecule has 4 saturated heterocycles. The number of aromatic nitrogens is 3. The average molecular weight is 806 g/mol. The van der Waals surface area contributed by atoms with Crippen molar-refractivity contribution >= 4 is 43.9 Å². The van der Waals surface area contributed by atoms with Crippen LogP contribution in [0.5, 0.6) is 11.8 Å². The molecule has 16 heteroatoms. The van der Waals surface area contributed by atoms with Gasteiger partial charge >= 0.3 is 22.4 Å². The van der Waals surface area contributed by atoms with Crippen molar-refractivity contribution in [2.45, 2.75) is 101 Å². The standard InChI is InChI=1S/C41H49F2N7O6S/c1-39(2)12-6-17-50(39)57(52,53)56-29-19-27-10-4-9-26-11-5-18-54-38(51)47-40(3)13-7-15-48(24-40)36-31-22-44-34(30(20-29)32(26)27)33(43)35(31)45-37(46-36)55-25-41-14-8-16-49(41)23-28(42)21-41/h4,9-10,19-20,22,28H,5-8,11-18,21,23-25H2,1-3H3,(H,47,51)/t28-,40-,41+/m1/s1. The van der Waals surface area contributed by atoms with Crippen molar-refractivity contribution in [3.8, 4) is 23.0 Å². The molecule has 2 aromatic carbocycles. The summed E-state index contributed by atoms with van der Waals surface area (Å²) in [4.78, 5) is 31.6. The maximum absolute atomic E-state index is 17.6. The predicted octanol–water partition coefficient (Wildman–Crippen LogP) is 6.47. The van der Waals surface area contributed by atoms with Gasteiger partial charge < -0.3 is 23.9 Å². The van der Waals surface area contributed by atoms with Crippen LogP contribution in [0.4, 0.5) is 19.4 Å². The highest BCUT2D eigenvalue weighted by Crippen LogP contribution is 2.43. The molecule has 0 radical (unpaired) electrons. The van der Waals surface area contributed by atoms with E-state index in [1.54, 1.807) is 12.3 Å². The zero-order valence-electron chi connectivity index (χ0n) is 32.7. The topological polar surface area (TPSA) is 139 Å². The van der Waals surface area contributed by atoms with Crippen LogP contribution in [0, 0.1) is 5.82 Å². The van der Waals surface area contributed by atoms with Crippen LogP contribution in [0.1, 0.15) is 77.7 Å². The number of amides is 1. The number of carbonyl (C=O) groups excluding carboxylic acids is 1. The molecule has 1 N–H and O–H groups in total. The minimum atomic E-state index is -4.22. The Morgan fingerprint density at radius 3 is 2.68 bits per heavy atom. The fourth-order valence-electron chi connectivity index (χ4n) is 9.98. The molecule has 2 aromatic heterocycles. The average Bonchev–Trinajstić information content (AvgIpc) is 3.82. The lowest BCUT2D eigenvalue weighted by molar-refractivity contribution is 0.107. The van der Waals surface area contributed by atoms with Crippen LogP contribution in [0.2, 0.25) is 0 Å². The number of nitrogens with one attached hydrogen (secondary N) is 1. The number of hydrogen-bond acceptors (Lipinski definition) is 11. The summed E-state index contributed by atoms with van der Waals surface area (Å²) in [6.07, 6.45) is 5.89. The fourth-order valence-corrected chi connectivity index (χ4v) is 11.5. The van der Waals surface area contributed by atoms with Crippen molar-refractivity contribution in [2.24, 2.45) is 0 Å². The third kappa shape index (κ3) is 7.00. The molecule has 3 atom stereocenters. The van der Waals surface area contributed by atoms with E-state index in [1.807, 2.05) is 43.9 Å². The first-order valence-corrected chi connectivity index (χ1v) is 21.5. The van der Waals surface area contributed by atoms with Gasteiger partial charge in [-0.05, 0) is 107 Å². The molecule has 0 aliphatic carbocycles. The van der Waals surface area contributed by atoms with Crippen LogP contribution in [0.3, 0.4) is 0 Å². The molecule has 8 heterocycles. The van der Waals surface area contributed by atoms with Crippen LogP contribution in [-0.4, -0.2) is 107 Å². The Labute approximate surface area is 331 Å². The van der Waals surface area contributed by atoms with E-state index in [-0.39, 0.29) is 36.2 Å². The number of piperidine rings is 1. The van der Waals surface area contributed by atoms with Gasteiger partial charge in [0, 0.05) is 49.9 Å². The highest BCUT2D eigenvalue weighted by atomic mass is 32.2. The number of hydrogen-bond donors (Lipinski definition) is 1. The number of halogens is 2. The van der Waals surface area contributed by atoms with E-state index < -0.39 is 45.0 Å². The van der Waals surface area contributed by atoms with E-state index >= 15 is 4.39 Å². The van der Waals surface area contributed by atoms with Gasteiger partial charge in [0.25, 0.3) is 0 Å². The zero-order valence-corrected chi connectivity index (χ0v) is 33.5. The van der Waals surface area contributed by atoms with Gasteiger partial charge in [-0.3, -0.25) is 9.88 Å². The van der Waals surface area contributed by atoms with Gasteiger partial charge in [-0.25, -0.2) is 13.6 Å². The predicted molar refractivity (Wildman–Crippen MR) is 211 cm³/mol. The smallest absolute Gasteiger partial charge is 0.407 e. The summed E-state index contributed by atoms with van der Waals surface area (Å²) in [7, 11) is -4.22. The molecule has 6 aliphatic rings. The highest BCUT2D eigenvalue weighted by Gasteiger charge is 2.49. The summed E-state index contributed by atoms with van der Waals surface area (Å²) >= 11 is 0. The summed E-state index contributed by atoms with van der Waals surface area (Å²) in [5, 5.41) is 4.70. The van der Waals surface area contributed by atoms with Gasteiger partial charge in [-0.2, -0.15) is 22.7 Å². The molecule has 1 amide bonds. The maximum Gasteiger partial charge on any atom is 0.407 e. The fraction of sp³-hybridized carbons (Fsp3) is 0.561. The monoisotopic (exact) mass is 805 g/mol. The third-order valence-corrected chi connectivity index (χ3v) is 14.3. The highest BCUT2D eigenvalue weighted by molar-refractivity contribution is 7.84. The molecule has 0 spiro atoms. The Hall–Kier alpha value is -4.41. The minimum Gasteiger partial charge on any atom is -0.461 e. The molecule has 57 heavy (non-hydrogen) atoms. The largest absolute Gasteiger partial charge is 0.461 e. The van der Waals surface area contributed by atoms with Crippen molar-refractivity contribution in [3.63, 3.8) is 0 Å². The number of rotatable bonds is 6. The number of nitrogens with zero attached hydrogens (tertiary/aromatic N) is 6. The first-order chi connectivity index (χ1) is 27.2. The van der Waals surface area contributed by atoms with Crippen LogP contribution in [0.15, 0.2) is 36.5 Å². The van der Waals surface area contributed by atoms with E-state index in [9.17, 15) is 17.6 Å². The minimum absolute atomic E-state index is 0.0210. The molecule has 6 aliphatic heterocycles. The van der Waals surface area contributed by atoms with Gasteiger partial charge in [0.05, 0.1) is 23.1 Å². The Morgan fingerprint density at radius 1 is 1.04 bits per heavy atom. The normalized spacial score (nSPS) is 26.8. The second kappa shape index (κ2) is 14.2. The van der Waals surface area contributed by atoms with Crippen LogP contribution >= 0.6 is 0 Å². The molecule has 6 bridgehead atoms. The second-order valence-electron chi connectivity index (χ2n) is 17.3. The van der Waals surface area contributed by atoms with E-state index in [4.69, 9.17) is 23.6 Å². The van der Waals surface area contributed by atoms with Gasteiger partial charge in [-0.1, -0.05) is 18.2 Å². The number of anilines is 1. The Balaban J connectivity index is 1.21. The molecule has 4 fully saturated rings. The molecular weight excluding hydrogens is 757 g/mol. The SMILES string of the molecule is CC1(C)CCCN1S(=O)(=O)Oc1cc2c3c(cccc3c1)CCCOC(=O)N[C@]1(C)CCCN(C1)c1nc(OC[C@@]34CCCN3C[C@H](F)C4)nc3c(F)c-2ncc13. The summed E-state index contributed by atoms with van der Waals surface area (Å²) < 4.78 is 79.0. The number of alkyl carbamates (subject to hydrolysis) is 1. The summed E-state index contributed by atoms with van der Waals surface area (Å²) in [5.41, 5.74) is -0.704. The molecule has 10 rings (SSSR count). The molecule has 0 unspecified atom stereocenters. The van der Waals surface area contributed by atoms with Crippen molar-refractivity contribution in [2.75, 3.05) is 50.8 Å². The van der Waals surface area contributed by atoms with Gasteiger partial charge in [0.1, 0.15) is 35.6 Å². The number of carbonyl (C=O) groups is 1. The molecule has 13 nitrogen and oxygen atoms in total. The van der Waals surface area contributed by atoms with Crippen molar-refractivity contribution in [1.82, 2.24) is 29.5 Å². The van der Waals surface area contributed by atoms with Crippen LogP contribution in [0.25, 0.3) is 32.9 Å². The number of benzene rings is 2. The zero-order chi connectivity index (χ0) is 39.7. The van der Waals surface area contributed by atoms with E-state index in [1.165, 1.54) is 10.4 Å². The van der Waals surface area contributed by atoms with Crippen molar-refractivity contribution in [3.05, 3.63) is 47.9 Å². The number of aryl methyl sites for hydroxylation is 1.